The lowest BCUT2D eigenvalue weighted by Gasteiger charge is -1.97. The van der Waals surface area contributed by atoms with E-state index in [1.807, 2.05) is 0 Å². The Kier molecular flexibility index (Phi) is 9.68. The number of thiol groups is 1. The molecule has 0 amide bonds. The first-order chi connectivity index (χ1) is 4.91. The van der Waals surface area contributed by atoms with Crippen LogP contribution in [0.15, 0.2) is 0 Å². The zero-order chi connectivity index (χ0) is 7.66. The number of rotatable bonds is 7. The van der Waals surface area contributed by atoms with Gasteiger partial charge >= 0.3 is 0 Å². The third-order valence-electron chi connectivity index (χ3n) is 1.65. The van der Waals surface area contributed by atoms with Crippen LogP contribution >= 0.6 is 12.6 Å². The predicted octanol–water partition coefficient (Wildman–Crippen LogP) is 3.48. The van der Waals surface area contributed by atoms with Crippen molar-refractivity contribution in [3.8, 4) is 0 Å². The average Bonchev–Trinajstić information content (AvgIpc) is 1.97. The smallest absolute Gasteiger partial charge is 0.00979 e. The Hall–Kier alpha value is 0.350. The fourth-order valence-corrected chi connectivity index (χ4v) is 1.21. The first-order valence-electron chi connectivity index (χ1n) is 4.30. The third-order valence-corrected chi connectivity index (χ3v) is 1.97. The van der Waals surface area contributed by atoms with Gasteiger partial charge in [0, 0.05) is 0 Å². The van der Waals surface area contributed by atoms with Crippen LogP contribution in [-0.2, 0) is 0 Å². The SMILES string of the molecule is C[CH]CCCCCCCS. The lowest BCUT2D eigenvalue weighted by molar-refractivity contribution is 0.632. The highest BCUT2D eigenvalue weighted by Crippen LogP contribution is 2.06. The highest BCUT2D eigenvalue weighted by Gasteiger charge is 1.87. The summed E-state index contributed by atoms with van der Waals surface area (Å²) in [6.07, 6.45) is 10.4. The Morgan fingerprint density at radius 1 is 1.00 bits per heavy atom. The summed E-state index contributed by atoms with van der Waals surface area (Å²) in [4.78, 5) is 0. The van der Waals surface area contributed by atoms with Crippen LogP contribution in [-0.4, -0.2) is 5.75 Å². The maximum Gasteiger partial charge on any atom is -0.00979 e. The van der Waals surface area contributed by atoms with E-state index in [4.69, 9.17) is 0 Å². The number of unbranched alkanes of at least 4 members (excludes halogenated alkanes) is 6. The van der Waals surface area contributed by atoms with Crippen LogP contribution in [0.4, 0.5) is 0 Å². The van der Waals surface area contributed by atoms with E-state index in [1.54, 1.807) is 0 Å². The second kappa shape index (κ2) is 9.35. The number of hydrogen-bond acceptors (Lipinski definition) is 1. The molecular formula is C9H19S. The molecule has 0 aliphatic heterocycles. The van der Waals surface area contributed by atoms with Crippen LogP contribution in [0.25, 0.3) is 0 Å². The minimum Gasteiger partial charge on any atom is -0.179 e. The monoisotopic (exact) mass is 159 g/mol. The molecule has 0 spiro atoms. The van der Waals surface area contributed by atoms with Gasteiger partial charge in [-0.3, -0.25) is 0 Å². The van der Waals surface area contributed by atoms with Gasteiger partial charge in [0.05, 0.1) is 0 Å². The van der Waals surface area contributed by atoms with Crippen LogP contribution in [0.3, 0.4) is 0 Å². The molecule has 0 aliphatic carbocycles. The van der Waals surface area contributed by atoms with Gasteiger partial charge in [0.15, 0.2) is 0 Å². The molecule has 0 aromatic heterocycles. The normalized spacial score (nSPS) is 10.2. The molecule has 1 radical (unpaired) electrons. The van der Waals surface area contributed by atoms with Gasteiger partial charge in [0.1, 0.15) is 0 Å². The average molecular weight is 159 g/mol. The lowest BCUT2D eigenvalue weighted by Crippen LogP contribution is -1.79. The van der Waals surface area contributed by atoms with Crippen molar-refractivity contribution < 1.29 is 0 Å². The Labute approximate surface area is 70.8 Å². The molecule has 0 heterocycles. The second-order valence-corrected chi connectivity index (χ2v) is 3.14. The van der Waals surface area contributed by atoms with Crippen molar-refractivity contribution in [2.45, 2.75) is 45.4 Å². The molecule has 10 heavy (non-hydrogen) atoms. The van der Waals surface area contributed by atoms with Crippen LogP contribution in [0.5, 0.6) is 0 Å². The Bertz CT molecular complexity index is 44.7. The molecule has 0 bridgehead atoms. The van der Waals surface area contributed by atoms with Crippen LogP contribution in [0.2, 0.25) is 0 Å². The minimum absolute atomic E-state index is 1.06. The summed E-state index contributed by atoms with van der Waals surface area (Å²) >= 11 is 4.16. The molecule has 0 rings (SSSR count). The topological polar surface area (TPSA) is 0 Å². The summed E-state index contributed by atoms with van der Waals surface area (Å²) in [7, 11) is 0. The quantitative estimate of drug-likeness (QED) is 0.427. The third kappa shape index (κ3) is 8.35. The van der Waals surface area contributed by atoms with E-state index in [-0.39, 0.29) is 0 Å². The molecule has 0 unspecified atom stereocenters. The Morgan fingerprint density at radius 3 is 2.20 bits per heavy atom. The molecule has 0 aliphatic rings. The first kappa shape index (κ1) is 10.3. The second-order valence-electron chi connectivity index (χ2n) is 2.69. The van der Waals surface area contributed by atoms with Crippen molar-refractivity contribution in [1.29, 1.82) is 0 Å². The maximum atomic E-state index is 4.16. The van der Waals surface area contributed by atoms with E-state index in [2.05, 4.69) is 26.0 Å². The summed E-state index contributed by atoms with van der Waals surface area (Å²) in [6.45, 7) is 2.13. The largest absolute Gasteiger partial charge is 0.179 e. The van der Waals surface area contributed by atoms with Crippen molar-refractivity contribution in [2.24, 2.45) is 0 Å². The molecule has 0 nitrogen and oxygen atoms in total. The first-order valence-corrected chi connectivity index (χ1v) is 4.93. The molecule has 0 aromatic carbocycles. The molecule has 0 aromatic rings. The Morgan fingerprint density at radius 2 is 1.60 bits per heavy atom. The molecule has 0 N–H and O–H groups in total. The molecule has 0 atom stereocenters. The molecule has 0 saturated carbocycles. The van der Waals surface area contributed by atoms with Gasteiger partial charge in [-0.1, -0.05) is 39.0 Å². The van der Waals surface area contributed by atoms with E-state index in [1.165, 1.54) is 38.5 Å². The standard InChI is InChI=1S/C9H19S/c1-2-3-4-5-6-7-8-9-10/h2,10H,3-9H2,1H3. The molecule has 0 fully saturated rings. The van der Waals surface area contributed by atoms with E-state index in [9.17, 15) is 0 Å². The highest BCUT2D eigenvalue weighted by molar-refractivity contribution is 7.80. The summed E-state index contributed by atoms with van der Waals surface area (Å²) in [6, 6.07) is 0. The van der Waals surface area contributed by atoms with Crippen molar-refractivity contribution in [3.63, 3.8) is 0 Å². The highest BCUT2D eigenvalue weighted by atomic mass is 32.1. The zero-order valence-electron chi connectivity index (χ0n) is 6.97. The minimum atomic E-state index is 1.06. The summed E-state index contributed by atoms with van der Waals surface area (Å²) in [5.74, 6) is 1.06. The number of hydrogen-bond donors (Lipinski definition) is 1. The van der Waals surface area contributed by atoms with Crippen molar-refractivity contribution in [2.75, 3.05) is 5.75 Å². The Balaban J connectivity index is 2.65. The van der Waals surface area contributed by atoms with E-state index >= 15 is 0 Å². The van der Waals surface area contributed by atoms with E-state index in [0.717, 1.165) is 5.75 Å². The predicted molar refractivity (Wildman–Crippen MR) is 51.5 cm³/mol. The van der Waals surface area contributed by atoms with Gasteiger partial charge in [-0.05, 0) is 18.6 Å². The molecule has 1 heteroatoms. The van der Waals surface area contributed by atoms with Gasteiger partial charge in [-0.25, -0.2) is 0 Å². The van der Waals surface area contributed by atoms with Crippen molar-refractivity contribution in [1.82, 2.24) is 0 Å². The van der Waals surface area contributed by atoms with E-state index < -0.39 is 0 Å². The molecular weight excluding hydrogens is 140 g/mol. The van der Waals surface area contributed by atoms with Gasteiger partial charge in [0.2, 0.25) is 0 Å². The van der Waals surface area contributed by atoms with E-state index in [0.29, 0.717) is 0 Å². The van der Waals surface area contributed by atoms with Crippen molar-refractivity contribution >= 4 is 12.6 Å². The van der Waals surface area contributed by atoms with Crippen LogP contribution in [0.1, 0.15) is 45.4 Å². The van der Waals surface area contributed by atoms with Gasteiger partial charge < -0.3 is 0 Å². The van der Waals surface area contributed by atoms with Gasteiger partial charge in [-0.15, -0.1) is 0 Å². The maximum absolute atomic E-state index is 4.16. The van der Waals surface area contributed by atoms with Crippen LogP contribution < -0.4 is 0 Å². The fourth-order valence-electron chi connectivity index (χ4n) is 0.991. The lowest BCUT2D eigenvalue weighted by atomic mass is 10.1. The zero-order valence-corrected chi connectivity index (χ0v) is 7.87. The fraction of sp³-hybridized carbons (Fsp3) is 0.889. The molecule has 0 saturated heterocycles. The summed E-state index contributed by atoms with van der Waals surface area (Å²) < 4.78 is 0. The molecule has 61 valence electrons. The summed E-state index contributed by atoms with van der Waals surface area (Å²) in [5, 5.41) is 0. The van der Waals surface area contributed by atoms with Gasteiger partial charge in [-0.2, -0.15) is 12.6 Å². The van der Waals surface area contributed by atoms with Crippen LogP contribution in [0, 0.1) is 6.42 Å². The van der Waals surface area contributed by atoms with Gasteiger partial charge in [0.25, 0.3) is 0 Å². The summed E-state index contributed by atoms with van der Waals surface area (Å²) in [5.41, 5.74) is 0. The van der Waals surface area contributed by atoms with Crippen molar-refractivity contribution in [3.05, 3.63) is 6.42 Å².